The van der Waals surface area contributed by atoms with Crippen LogP contribution in [-0.2, 0) is 21.5 Å². The molecule has 0 bridgehead atoms. The Morgan fingerprint density at radius 2 is 1.78 bits per heavy atom. The van der Waals surface area contributed by atoms with Crippen LogP contribution in [0.2, 0.25) is 0 Å². The summed E-state index contributed by atoms with van der Waals surface area (Å²) in [7, 11) is 1.60. The molecule has 0 aromatic heterocycles. The van der Waals surface area contributed by atoms with E-state index in [-0.39, 0.29) is 30.4 Å². The fourth-order valence-corrected chi connectivity index (χ4v) is 3.63. The highest BCUT2D eigenvalue weighted by atomic mass is 79.9. The van der Waals surface area contributed by atoms with Crippen LogP contribution in [0.5, 0.6) is 11.5 Å². The van der Waals surface area contributed by atoms with E-state index in [0.29, 0.717) is 12.3 Å². The van der Waals surface area contributed by atoms with Gasteiger partial charge in [0.05, 0.1) is 11.6 Å². The van der Waals surface area contributed by atoms with Crippen LogP contribution in [0.4, 0.5) is 0 Å². The Morgan fingerprint density at radius 1 is 1.12 bits per heavy atom. The minimum Gasteiger partial charge on any atom is -0.497 e. The second-order valence-electron chi connectivity index (χ2n) is 8.62. The summed E-state index contributed by atoms with van der Waals surface area (Å²) in [4.78, 5) is 27.1. The van der Waals surface area contributed by atoms with Gasteiger partial charge in [0.1, 0.15) is 17.5 Å². The van der Waals surface area contributed by atoms with E-state index in [9.17, 15) is 9.59 Å². The number of benzene rings is 2. The molecule has 0 heterocycles. The van der Waals surface area contributed by atoms with Crippen molar-refractivity contribution in [3.05, 3.63) is 58.1 Å². The second kappa shape index (κ2) is 11.4. The molecular formula is C25H33BrN2O4. The highest BCUT2D eigenvalue weighted by molar-refractivity contribution is 9.10. The molecule has 0 aliphatic carbocycles. The fraction of sp³-hybridized carbons (Fsp3) is 0.440. The number of nitrogens with zero attached hydrogens (tertiary/aromatic N) is 1. The van der Waals surface area contributed by atoms with Gasteiger partial charge in [0.25, 0.3) is 5.91 Å². The van der Waals surface area contributed by atoms with Gasteiger partial charge in [-0.25, -0.2) is 0 Å². The van der Waals surface area contributed by atoms with E-state index in [0.717, 1.165) is 21.3 Å². The molecule has 7 heteroatoms. The first-order chi connectivity index (χ1) is 15.1. The molecule has 0 unspecified atom stereocenters. The minimum absolute atomic E-state index is 0.00804. The van der Waals surface area contributed by atoms with Crippen LogP contribution >= 0.6 is 15.9 Å². The topological polar surface area (TPSA) is 67.9 Å². The summed E-state index contributed by atoms with van der Waals surface area (Å²) >= 11 is 3.54. The Labute approximate surface area is 199 Å². The van der Waals surface area contributed by atoms with Gasteiger partial charge in [-0.1, -0.05) is 39.0 Å². The number of rotatable bonds is 9. The number of hydrogen-bond acceptors (Lipinski definition) is 4. The van der Waals surface area contributed by atoms with Crippen molar-refractivity contribution in [3.8, 4) is 11.5 Å². The molecule has 0 radical (unpaired) electrons. The fourth-order valence-electron chi connectivity index (χ4n) is 3.14. The molecule has 2 aromatic carbocycles. The molecule has 0 spiro atoms. The summed E-state index contributed by atoms with van der Waals surface area (Å²) in [5, 5.41) is 2.79. The van der Waals surface area contributed by atoms with Crippen LogP contribution in [0.15, 0.2) is 46.9 Å². The van der Waals surface area contributed by atoms with Crippen molar-refractivity contribution >= 4 is 27.7 Å². The summed E-state index contributed by atoms with van der Waals surface area (Å²) < 4.78 is 11.8. The number of carbonyl (C=O) groups excluding carboxylic acids is 2. The Balaban J connectivity index is 2.17. The first-order valence-corrected chi connectivity index (χ1v) is 11.5. The van der Waals surface area contributed by atoms with Gasteiger partial charge in [0.15, 0.2) is 6.61 Å². The predicted octanol–water partition coefficient (Wildman–Crippen LogP) is 4.69. The van der Waals surface area contributed by atoms with Gasteiger partial charge in [-0.15, -0.1) is 0 Å². The van der Waals surface area contributed by atoms with Crippen LogP contribution in [0.1, 0.15) is 45.7 Å². The van der Waals surface area contributed by atoms with Crippen molar-refractivity contribution in [1.29, 1.82) is 0 Å². The molecule has 2 amide bonds. The molecular weight excluding hydrogens is 472 g/mol. The van der Waals surface area contributed by atoms with E-state index in [2.05, 4.69) is 42.0 Å². The molecule has 2 rings (SSSR count). The SMILES string of the molecule is CCNC(=O)[C@@H](C)N(Cc1ccc(OC)cc1)C(=O)COc1ccc(C(C)(C)C)cc1Br. The lowest BCUT2D eigenvalue weighted by atomic mass is 9.87. The molecule has 0 fully saturated rings. The lowest BCUT2D eigenvalue weighted by Gasteiger charge is -2.29. The Bertz CT molecular complexity index is 923. The number of ether oxygens (including phenoxy) is 2. The van der Waals surface area contributed by atoms with Crippen LogP contribution < -0.4 is 14.8 Å². The number of nitrogens with one attached hydrogen (secondary N) is 1. The Hall–Kier alpha value is -2.54. The normalized spacial score (nSPS) is 12.1. The molecule has 1 atom stereocenters. The Kier molecular flexibility index (Phi) is 9.13. The van der Waals surface area contributed by atoms with Crippen LogP contribution in [0.25, 0.3) is 0 Å². The number of amides is 2. The zero-order chi connectivity index (χ0) is 23.9. The van der Waals surface area contributed by atoms with Gasteiger partial charge >= 0.3 is 0 Å². The second-order valence-corrected chi connectivity index (χ2v) is 9.48. The van der Waals surface area contributed by atoms with E-state index < -0.39 is 6.04 Å². The van der Waals surface area contributed by atoms with Gasteiger partial charge < -0.3 is 19.7 Å². The number of carbonyl (C=O) groups is 2. The molecule has 0 aliphatic heterocycles. The third-order valence-electron chi connectivity index (χ3n) is 5.18. The van der Waals surface area contributed by atoms with Gasteiger partial charge in [-0.2, -0.15) is 0 Å². The summed E-state index contributed by atoms with van der Waals surface area (Å²) in [5.41, 5.74) is 2.06. The quantitative estimate of drug-likeness (QED) is 0.537. The summed E-state index contributed by atoms with van der Waals surface area (Å²) in [6.07, 6.45) is 0. The number of likely N-dealkylation sites (N-methyl/N-ethyl adjacent to an activating group) is 1. The Morgan fingerprint density at radius 3 is 2.31 bits per heavy atom. The van der Waals surface area contributed by atoms with Gasteiger partial charge in [-0.05, 0) is 70.6 Å². The molecule has 32 heavy (non-hydrogen) atoms. The maximum absolute atomic E-state index is 13.1. The molecule has 0 saturated carbocycles. The largest absolute Gasteiger partial charge is 0.497 e. The van der Waals surface area contributed by atoms with Gasteiger partial charge in [-0.3, -0.25) is 9.59 Å². The van der Waals surface area contributed by atoms with Crippen molar-refractivity contribution in [2.45, 2.75) is 52.6 Å². The van der Waals surface area contributed by atoms with E-state index in [4.69, 9.17) is 9.47 Å². The molecule has 0 saturated heterocycles. The monoisotopic (exact) mass is 504 g/mol. The van der Waals surface area contributed by atoms with E-state index in [1.807, 2.05) is 49.4 Å². The van der Waals surface area contributed by atoms with Gasteiger partial charge in [0.2, 0.25) is 5.91 Å². The van der Waals surface area contributed by atoms with E-state index >= 15 is 0 Å². The molecule has 1 N–H and O–H groups in total. The van der Waals surface area contributed by atoms with E-state index in [1.165, 1.54) is 4.90 Å². The lowest BCUT2D eigenvalue weighted by molar-refractivity contribution is -0.142. The average molecular weight is 505 g/mol. The van der Waals surface area contributed by atoms with Crippen LogP contribution in [0.3, 0.4) is 0 Å². The maximum Gasteiger partial charge on any atom is 0.261 e. The number of halogens is 1. The zero-order valence-electron chi connectivity index (χ0n) is 19.7. The lowest BCUT2D eigenvalue weighted by Crippen LogP contribution is -2.49. The molecule has 0 aliphatic rings. The first-order valence-electron chi connectivity index (χ1n) is 10.7. The van der Waals surface area contributed by atoms with Crippen LogP contribution in [-0.4, -0.2) is 43.0 Å². The third-order valence-corrected chi connectivity index (χ3v) is 5.80. The standard InChI is InChI=1S/C25H33BrN2O4/c1-7-27-24(30)17(2)28(15-18-8-11-20(31-6)12-9-18)23(29)16-32-22-13-10-19(14-21(22)26)25(3,4)5/h8-14,17H,7,15-16H2,1-6H3,(H,27,30)/t17-/m1/s1. The van der Waals surface area contributed by atoms with Gasteiger partial charge in [0, 0.05) is 13.1 Å². The average Bonchev–Trinajstić information content (AvgIpc) is 2.75. The van der Waals surface area contributed by atoms with E-state index in [1.54, 1.807) is 14.0 Å². The molecule has 6 nitrogen and oxygen atoms in total. The van der Waals surface area contributed by atoms with Crippen LogP contribution in [0, 0.1) is 0 Å². The highest BCUT2D eigenvalue weighted by Gasteiger charge is 2.26. The molecule has 2 aromatic rings. The highest BCUT2D eigenvalue weighted by Crippen LogP contribution is 2.31. The van der Waals surface area contributed by atoms with Crippen molar-refractivity contribution in [1.82, 2.24) is 10.2 Å². The van der Waals surface area contributed by atoms with Crippen molar-refractivity contribution in [3.63, 3.8) is 0 Å². The van der Waals surface area contributed by atoms with Crippen molar-refractivity contribution in [2.75, 3.05) is 20.3 Å². The smallest absolute Gasteiger partial charge is 0.261 e. The summed E-state index contributed by atoms with van der Waals surface area (Å²) in [6, 6.07) is 12.7. The zero-order valence-corrected chi connectivity index (χ0v) is 21.3. The maximum atomic E-state index is 13.1. The summed E-state index contributed by atoms with van der Waals surface area (Å²) in [6.45, 7) is 10.6. The van der Waals surface area contributed by atoms with Crippen molar-refractivity contribution < 1.29 is 19.1 Å². The third kappa shape index (κ3) is 6.99. The predicted molar refractivity (Wildman–Crippen MR) is 130 cm³/mol. The number of methoxy groups -OCH3 is 1. The minimum atomic E-state index is -0.639. The first kappa shape index (κ1) is 25.7. The molecule has 174 valence electrons. The van der Waals surface area contributed by atoms with Crippen molar-refractivity contribution in [2.24, 2.45) is 0 Å². The summed E-state index contributed by atoms with van der Waals surface area (Å²) in [5.74, 6) is 0.841. The number of hydrogen-bond donors (Lipinski definition) is 1.